The first-order valence-electron chi connectivity index (χ1n) is 10.2. The van der Waals surface area contributed by atoms with Crippen molar-refractivity contribution in [2.45, 2.75) is 12.5 Å². The Morgan fingerprint density at radius 3 is 2.58 bits per heavy atom. The SMILES string of the molecule is COc1cc(C(=O)Nc2nnc(-c3ccncc3)s2)ccc1OC(CCO)c1ccccc1. The number of nitrogens with one attached hydrogen (secondary N) is 1. The number of methoxy groups -OCH3 is 1. The third-order valence-corrected chi connectivity index (χ3v) is 5.72. The average Bonchev–Trinajstić information content (AvgIpc) is 3.33. The molecule has 0 radical (unpaired) electrons. The maximum atomic E-state index is 12.8. The van der Waals surface area contributed by atoms with Gasteiger partial charge >= 0.3 is 0 Å². The van der Waals surface area contributed by atoms with Gasteiger partial charge in [0.15, 0.2) is 11.5 Å². The van der Waals surface area contributed by atoms with Gasteiger partial charge in [-0.15, -0.1) is 10.2 Å². The molecule has 9 heteroatoms. The van der Waals surface area contributed by atoms with Crippen LogP contribution in [-0.4, -0.2) is 39.9 Å². The summed E-state index contributed by atoms with van der Waals surface area (Å²) in [7, 11) is 1.51. The second kappa shape index (κ2) is 10.7. The van der Waals surface area contributed by atoms with Crippen molar-refractivity contribution < 1.29 is 19.4 Å². The molecule has 0 bridgehead atoms. The van der Waals surface area contributed by atoms with Crippen molar-refractivity contribution in [2.75, 3.05) is 19.0 Å². The van der Waals surface area contributed by atoms with Crippen LogP contribution < -0.4 is 14.8 Å². The number of pyridine rings is 1. The molecule has 1 amide bonds. The number of aliphatic hydroxyl groups is 1. The first-order chi connectivity index (χ1) is 16.2. The molecular weight excluding hydrogens is 440 g/mol. The minimum absolute atomic E-state index is 0.0221. The lowest BCUT2D eigenvalue weighted by Crippen LogP contribution is -2.13. The fourth-order valence-electron chi connectivity index (χ4n) is 3.19. The van der Waals surface area contributed by atoms with Crippen molar-refractivity contribution in [3.05, 3.63) is 84.2 Å². The molecule has 0 aliphatic rings. The fourth-order valence-corrected chi connectivity index (χ4v) is 3.94. The van der Waals surface area contributed by atoms with E-state index in [1.165, 1.54) is 18.4 Å². The number of nitrogens with zero attached hydrogens (tertiary/aromatic N) is 3. The van der Waals surface area contributed by atoms with Crippen LogP contribution in [0.25, 0.3) is 10.6 Å². The second-order valence-corrected chi connectivity index (χ2v) is 7.97. The number of hydrogen-bond acceptors (Lipinski definition) is 8. The Kier molecular flexibility index (Phi) is 7.23. The van der Waals surface area contributed by atoms with Gasteiger partial charge < -0.3 is 14.6 Å². The van der Waals surface area contributed by atoms with Crippen LogP contribution in [0.3, 0.4) is 0 Å². The van der Waals surface area contributed by atoms with Gasteiger partial charge in [0, 0.05) is 36.5 Å². The summed E-state index contributed by atoms with van der Waals surface area (Å²) in [6, 6.07) is 18.2. The number of benzene rings is 2. The third-order valence-electron chi connectivity index (χ3n) is 4.83. The number of hydrogen-bond donors (Lipinski definition) is 2. The van der Waals surface area contributed by atoms with Gasteiger partial charge in [0.1, 0.15) is 11.1 Å². The van der Waals surface area contributed by atoms with Crippen molar-refractivity contribution in [3.8, 4) is 22.1 Å². The van der Waals surface area contributed by atoms with Crippen LogP contribution in [0.2, 0.25) is 0 Å². The Balaban J connectivity index is 1.49. The Morgan fingerprint density at radius 2 is 1.85 bits per heavy atom. The predicted octanol–water partition coefficient (Wildman–Crippen LogP) is 4.36. The van der Waals surface area contributed by atoms with Crippen molar-refractivity contribution in [1.82, 2.24) is 15.2 Å². The lowest BCUT2D eigenvalue weighted by molar-refractivity contribution is 0.102. The molecule has 33 heavy (non-hydrogen) atoms. The molecule has 2 aromatic carbocycles. The number of anilines is 1. The number of amides is 1. The van der Waals surface area contributed by atoms with Crippen LogP contribution in [0, 0.1) is 0 Å². The van der Waals surface area contributed by atoms with Gasteiger partial charge in [0.05, 0.1) is 7.11 Å². The van der Waals surface area contributed by atoms with E-state index in [1.807, 2.05) is 42.5 Å². The Bertz CT molecular complexity index is 1200. The number of aromatic nitrogens is 3. The molecule has 0 saturated carbocycles. The fraction of sp³-hybridized carbons (Fsp3) is 0.167. The highest BCUT2D eigenvalue weighted by atomic mass is 32.1. The van der Waals surface area contributed by atoms with E-state index in [1.54, 1.807) is 30.6 Å². The van der Waals surface area contributed by atoms with Crippen LogP contribution in [0.4, 0.5) is 5.13 Å². The maximum Gasteiger partial charge on any atom is 0.257 e. The zero-order valence-corrected chi connectivity index (χ0v) is 18.7. The highest BCUT2D eigenvalue weighted by Crippen LogP contribution is 2.34. The number of carbonyl (C=O) groups excluding carboxylic acids is 1. The van der Waals surface area contributed by atoms with E-state index in [-0.39, 0.29) is 18.6 Å². The minimum atomic E-state index is -0.349. The molecule has 0 saturated heterocycles. The molecule has 8 nitrogen and oxygen atoms in total. The summed E-state index contributed by atoms with van der Waals surface area (Å²) in [5, 5.41) is 21.5. The van der Waals surface area contributed by atoms with Crippen molar-refractivity contribution in [1.29, 1.82) is 0 Å². The topological polar surface area (TPSA) is 106 Å². The Morgan fingerprint density at radius 1 is 1.06 bits per heavy atom. The monoisotopic (exact) mass is 462 g/mol. The molecular formula is C24H22N4O4S. The van der Waals surface area contributed by atoms with Crippen molar-refractivity contribution >= 4 is 22.4 Å². The summed E-state index contributed by atoms with van der Waals surface area (Å²) < 4.78 is 11.6. The minimum Gasteiger partial charge on any atom is -0.493 e. The smallest absolute Gasteiger partial charge is 0.257 e. The average molecular weight is 463 g/mol. The summed E-state index contributed by atoms with van der Waals surface area (Å²) in [6.07, 6.45) is 3.42. The maximum absolute atomic E-state index is 12.8. The summed E-state index contributed by atoms with van der Waals surface area (Å²) >= 11 is 1.27. The quantitative estimate of drug-likeness (QED) is 0.380. The van der Waals surface area contributed by atoms with Crippen LogP contribution in [0.1, 0.15) is 28.4 Å². The van der Waals surface area contributed by atoms with E-state index in [0.717, 1.165) is 11.1 Å². The highest BCUT2D eigenvalue weighted by Gasteiger charge is 2.18. The highest BCUT2D eigenvalue weighted by molar-refractivity contribution is 7.18. The first kappa shape index (κ1) is 22.4. The lowest BCUT2D eigenvalue weighted by Gasteiger charge is -2.20. The van der Waals surface area contributed by atoms with Gasteiger partial charge in [0.2, 0.25) is 5.13 Å². The summed E-state index contributed by atoms with van der Waals surface area (Å²) in [5.74, 6) is 0.552. The largest absolute Gasteiger partial charge is 0.493 e. The first-order valence-corrected chi connectivity index (χ1v) is 11.1. The molecule has 2 N–H and O–H groups in total. The van der Waals surface area contributed by atoms with Gasteiger partial charge in [-0.25, -0.2) is 0 Å². The molecule has 4 rings (SSSR count). The van der Waals surface area contributed by atoms with Crippen molar-refractivity contribution in [3.63, 3.8) is 0 Å². The third kappa shape index (κ3) is 5.51. The van der Waals surface area contributed by atoms with Gasteiger partial charge in [0.25, 0.3) is 5.91 Å². The molecule has 1 atom stereocenters. The second-order valence-electron chi connectivity index (χ2n) is 7.00. The Hall–Kier alpha value is -3.82. The normalized spacial score (nSPS) is 11.6. The number of ether oxygens (including phenoxy) is 2. The van der Waals surface area contributed by atoms with Gasteiger partial charge in [-0.05, 0) is 35.9 Å². The molecule has 1 unspecified atom stereocenters. The molecule has 0 fully saturated rings. The number of rotatable bonds is 9. The molecule has 4 aromatic rings. The van der Waals surface area contributed by atoms with Crippen LogP contribution in [0.5, 0.6) is 11.5 Å². The van der Waals surface area contributed by atoms with Gasteiger partial charge in [-0.1, -0.05) is 41.7 Å². The predicted molar refractivity (Wildman–Crippen MR) is 126 cm³/mol. The molecule has 0 aliphatic heterocycles. The molecule has 0 aliphatic carbocycles. The van der Waals surface area contributed by atoms with E-state index in [0.29, 0.717) is 33.6 Å². The molecule has 2 aromatic heterocycles. The molecule has 0 spiro atoms. The van der Waals surface area contributed by atoms with E-state index in [4.69, 9.17) is 9.47 Å². The van der Waals surface area contributed by atoms with Crippen LogP contribution in [0.15, 0.2) is 73.1 Å². The molecule has 2 heterocycles. The number of carbonyl (C=O) groups is 1. The van der Waals surface area contributed by atoms with E-state index < -0.39 is 0 Å². The summed E-state index contributed by atoms with van der Waals surface area (Å²) in [5.41, 5.74) is 2.21. The summed E-state index contributed by atoms with van der Waals surface area (Å²) in [4.78, 5) is 16.8. The lowest BCUT2D eigenvalue weighted by atomic mass is 10.1. The summed E-state index contributed by atoms with van der Waals surface area (Å²) in [6.45, 7) is -0.0221. The van der Waals surface area contributed by atoms with Gasteiger partial charge in [-0.2, -0.15) is 0 Å². The zero-order chi connectivity index (χ0) is 23.0. The standard InChI is InChI=1S/C24H22N4O4S/c1-31-21-15-18(7-8-20(21)32-19(11-14-29)16-5-3-2-4-6-16)22(30)26-24-28-27-23(33-24)17-9-12-25-13-10-17/h2-10,12-13,15,19,29H,11,14H2,1H3,(H,26,28,30). The van der Waals surface area contributed by atoms with E-state index in [9.17, 15) is 9.90 Å². The van der Waals surface area contributed by atoms with Crippen LogP contribution >= 0.6 is 11.3 Å². The zero-order valence-electron chi connectivity index (χ0n) is 17.8. The number of aliphatic hydroxyl groups excluding tert-OH is 1. The van der Waals surface area contributed by atoms with Gasteiger partial charge in [-0.3, -0.25) is 15.1 Å². The van der Waals surface area contributed by atoms with E-state index >= 15 is 0 Å². The van der Waals surface area contributed by atoms with E-state index in [2.05, 4.69) is 20.5 Å². The Labute approximate surface area is 194 Å². The van der Waals surface area contributed by atoms with Crippen molar-refractivity contribution in [2.24, 2.45) is 0 Å². The molecule has 168 valence electrons. The van der Waals surface area contributed by atoms with Crippen LogP contribution in [-0.2, 0) is 0 Å².